The fourth-order valence-corrected chi connectivity index (χ4v) is 2.48. The van der Waals surface area contributed by atoms with Crippen LogP contribution >= 0.6 is 0 Å². The Labute approximate surface area is 122 Å². The molecule has 0 bridgehead atoms. The lowest BCUT2D eigenvalue weighted by molar-refractivity contribution is 0.0849. The molecule has 0 saturated heterocycles. The molecule has 3 rings (SSSR count). The summed E-state index contributed by atoms with van der Waals surface area (Å²) in [5.41, 5.74) is 2.31. The van der Waals surface area contributed by atoms with Gasteiger partial charge in [-0.3, -0.25) is 4.79 Å². The molecule has 0 fully saturated rings. The molecular formula is C17H15FO3. The van der Waals surface area contributed by atoms with Crippen LogP contribution in [0.15, 0.2) is 42.5 Å². The fraction of sp³-hybridized carbons (Fsp3) is 0.235. The molecule has 1 atom stereocenters. The van der Waals surface area contributed by atoms with Gasteiger partial charge in [0.1, 0.15) is 17.7 Å². The van der Waals surface area contributed by atoms with Gasteiger partial charge in [-0.25, -0.2) is 4.39 Å². The molecule has 1 aliphatic heterocycles. The van der Waals surface area contributed by atoms with Crippen LogP contribution in [0.2, 0.25) is 0 Å². The van der Waals surface area contributed by atoms with E-state index in [0.29, 0.717) is 17.9 Å². The normalized spacial score (nSPS) is 17.2. The summed E-state index contributed by atoms with van der Waals surface area (Å²) in [5.74, 6) is -0.0756. The van der Waals surface area contributed by atoms with Gasteiger partial charge in [0.05, 0.1) is 18.6 Å². The quantitative estimate of drug-likeness (QED) is 0.863. The van der Waals surface area contributed by atoms with Gasteiger partial charge in [-0.1, -0.05) is 24.3 Å². The number of hydrogen-bond donors (Lipinski definition) is 0. The SMILES string of the molecule is COCc1ccc(C2CC(=O)c3cc(F)ccc3O2)cc1. The van der Waals surface area contributed by atoms with E-state index in [1.165, 1.54) is 18.2 Å². The van der Waals surface area contributed by atoms with Crippen LogP contribution in [0.4, 0.5) is 4.39 Å². The summed E-state index contributed by atoms with van der Waals surface area (Å²) in [5, 5.41) is 0. The molecule has 4 heteroatoms. The predicted molar refractivity (Wildman–Crippen MR) is 75.9 cm³/mol. The summed E-state index contributed by atoms with van der Waals surface area (Å²) in [6.45, 7) is 0.548. The third kappa shape index (κ3) is 2.81. The molecule has 21 heavy (non-hydrogen) atoms. The molecule has 0 aromatic heterocycles. The van der Waals surface area contributed by atoms with Crippen LogP contribution in [0, 0.1) is 5.82 Å². The van der Waals surface area contributed by atoms with E-state index in [1.54, 1.807) is 7.11 Å². The molecule has 0 saturated carbocycles. The minimum absolute atomic E-state index is 0.0956. The molecule has 0 N–H and O–H groups in total. The molecule has 0 spiro atoms. The monoisotopic (exact) mass is 286 g/mol. The Morgan fingerprint density at radius 3 is 2.71 bits per heavy atom. The summed E-state index contributed by atoms with van der Waals surface area (Å²) < 4.78 is 24.1. The second-order valence-corrected chi connectivity index (χ2v) is 5.05. The van der Waals surface area contributed by atoms with Gasteiger partial charge in [-0.2, -0.15) is 0 Å². The zero-order valence-corrected chi connectivity index (χ0v) is 11.6. The number of carbonyl (C=O) groups excluding carboxylic acids is 1. The van der Waals surface area contributed by atoms with Crippen LogP contribution in [-0.4, -0.2) is 12.9 Å². The van der Waals surface area contributed by atoms with Crippen molar-refractivity contribution in [1.82, 2.24) is 0 Å². The Morgan fingerprint density at radius 1 is 1.24 bits per heavy atom. The van der Waals surface area contributed by atoms with Crippen molar-refractivity contribution in [2.45, 2.75) is 19.1 Å². The first kappa shape index (κ1) is 13.8. The van der Waals surface area contributed by atoms with E-state index < -0.39 is 5.82 Å². The topological polar surface area (TPSA) is 35.5 Å². The van der Waals surface area contributed by atoms with Gasteiger partial charge < -0.3 is 9.47 Å². The van der Waals surface area contributed by atoms with E-state index in [-0.39, 0.29) is 18.3 Å². The van der Waals surface area contributed by atoms with Gasteiger partial charge in [0.2, 0.25) is 0 Å². The van der Waals surface area contributed by atoms with E-state index in [0.717, 1.165) is 11.1 Å². The zero-order valence-electron chi connectivity index (χ0n) is 11.6. The summed E-state index contributed by atoms with van der Waals surface area (Å²) in [6, 6.07) is 11.8. The van der Waals surface area contributed by atoms with Gasteiger partial charge in [0.15, 0.2) is 5.78 Å². The van der Waals surface area contributed by atoms with Gasteiger partial charge in [-0.05, 0) is 29.3 Å². The standard InChI is InChI=1S/C17H15FO3/c1-20-10-11-2-4-12(5-3-11)17-9-15(19)14-8-13(18)6-7-16(14)21-17/h2-8,17H,9-10H2,1H3. The van der Waals surface area contributed by atoms with E-state index >= 15 is 0 Å². The Balaban J connectivity index is 1.85. The number of benzene rings is 2. The molecule has 1 aliphatic rings. The highest BCUT2D eigenvalue weighted by Gasteiger charge is 2.27. The lowest BCUT2D eigenvalue weighted by atomic mass is 9.96. The van der Waals surface area contributed by atoms with Crippen LogP contribution < -0.4 is 4.74 Å². The number of ether oxygens (including phenoxy) is 2. The summed E-state index contributed by atoms with van der Waals surface area (Å²) >= 11 is 0. The van der Waals surface area contributed by atoms with Gasteiger partial charge in [0, 0.05) is 7.11 Å². The maximum Gasteiger partial charge on any atom is 0.170 e. The third-order valence-electron chi connectivity index (χ3n) is 3.54. The predicted octanol–water partition coefficient (Wildman–Crippen LogP) is 3.68. The van der Waals surface area contributed by atoms with Crippen molar-refractivity contribution < 1.29 is 18.7 Å². The van der Waals surface area contributed by atoms with Crippen LogP contribution in [0.25, 0.3) is 0 Å². The fourth-order valence-electron chi connectivity index (χ4n) is 2.48. The number of ketones is 1. The Bertz CT molecular complexity index is 664. The van der Waals surface area contributed by atoms with E-state index in [4.69, 9.17) is 9.47 Å². The maximum absolute atomic E-state index is 13.2. The zero-order chi connectivity index (χ0) is 14.8. The van der Waals surface area contributed by atoms with Crippen molar-refractivity contribution in [3.05, 3.63) is 65.0 Å². The molecule has 0 amide bonds. The van der Waals surface area contributed by atoms with Crippen molar-refractivity contribution in [2.75, 3.05) is 7.11 Å². The second-order valence-electron chi connectivity index (χ2n) is 5.05. The minimum Gasteiger partial charge on any atom is -0.484 e. The first-order valence-electron chi connectivity index (χ1n) is 6.74. The Kier molecular flexibility index (Phi) is 3.71. The highest BCUT2D eigenvalue weighted by Crippen LogP contribution is 2.35. The summed E-state index contributed by atoms with van der Waals surface area (Å²) in [6.07, 6.45) is -0.105. The van der Waals surface area contributed by atoms with E-state index in [9.17, 15) is 9.18 Å². The first-order valence-corrected chi connectivity index (χ1v) is 6.74. The average Bonchev–Trinajstić information content (AvgIpc) is 2.49. The molecule has 2 aromatic rings. The van der Waals surface area contributed by atoms with Gasteiger partial charge >= 0.3 is 0 Å². The highest BCUT2D eigenvalue weighted by molar-refractivity contribution is 6.00. The van der Waals surface area contributed by atoms with Crippen molar-refractivity contribution in [2.24, 2.45) is 0 Å². The van der Waals surface area contributed by atoms with Crippen LogP contribution in [0.5, 0.6) is 5.75 Å². The Hall–Kier alpha value is -2.20. The largest absolute Gasteiger partial charge is 0.484 e. The molecule has 0 radical (unpaired) electrons. The van der Waals surface area contributed by atoms with E-state index in [2.05, 4.69) is 0 Å². The molecule has 108 valence electrons. The number of methoxy groups -OCH3 is 1. The molecule has 1 heterocycles. The summed E-state index contributed by atoms with van der Waals surface area (Å²) in [4.78, 5) is 12.1. The Morgan fingerprint density at radius 2 is 2.00 bits per heavy atom. The van der Waals surface area contributed by atoms with E-state index in [1.807, 2.05) is 24.3 Å². The molecule has 1 unspecified atom stereocenters. The maximum atomic E-state index is 13.2. The number of hydrogen-bond acceptors (Lipinski definition) is 3. The molecular weight excluding hydrogens is 271 g/mol. The first-order chi connectivity index (χ1) is 10.2. The lowest BCUT2D eigenvalue weighted by Crippen LogP contribution is -2.20. The van der Waals surface area contributed by atoms with Gasteiger partial charge in [-0.15, -0.1) is 0 Å². The van der Waals surface area contributed by atoms with Crippen LogP contribution in [0.3, 0.4) is 0 Å². The van der Waals surface area contributed by atoms with Gasteiger partial charge in [0.25, 0.3) is 0 Å². The molecule has 0 aliphatic carbocycles. The third-order valence-corrected chi connectivity index (χ3v) is 3.54. The van der Waals surface area contributed by atoms with Crippen LogP contribution in [0.1, 0.15) is 34.0 Å². The van der Waals surface area contributed by atoms with Crippen molar-refractivity contribution in [1.29, 1.82) is 0 Å². The van der Waals surface area contributed by atoms with Crippen LogP contribution in [-0.2, 0) is 11.3 Å². The number of fused-ring (bicyclic) bond motifs is 1. The van der Waals surface area contributed by atoms with Crippen molar-refractivity contribution in [3.63, 3.8) is 0 Å². The number of carbonyl (C=O) groups is 1. The number of rotatable bonds is 3. The molecule has 3 nitrogen and oxygen atoms in total. The number of Topliss-reactive ketones (excluding diaryl/α,β-unsaturated/α-hetero) is 1. The number of halogens is 1. The average molecular weight is 286 g/mol. The smallest absolute Gasteiger partial charge is 0.170 e. The second kappa shape index (κ2) is 5.66. The van der Waals surface area contributed by atoms with Crippen molar-refractivity contribution >= 4 is 5.78 Å². The molecule has 2 aromatic carbocycles. The van der Waals surface area contributed by atoms with Crippen molar-refractivity contribution in [3.8, 4) is 5.75 Å². The minimum atomic E-state index is -0.423. The summed E-state index contributed by atoms with van der Waals surface area (Å²) in [7, 11) is 1.65. The highest BCUT2D eigenvalue weighted by atomic mass is 19.1. The lowest BCUT2D eigenvalue weighted by Gasteiger charge is -2.25.